The van der Waals surface area contributed by atoms with E-state index < -0.39 is 11.1 Å². The van der Waals surface area contributed by atoms with Crippen molar-refractivity contribution in [1.82, 2.24) is 4.90 Å². The van der Waals surface area contributed by atoms with Crippen molar-refractivity contribution < 1.29 is 9.18 Å². The average Bonchev–Trinajstić information content (AvgIpc) is 2.55. The third-order valence-electron chi connectivity index (χ3n) is 7.49. The van der Waals surface area contributed by atoms with Gasteiger partial charge in [-0.15, -0.1) is 0 Å². The highest BCUT2D eigenvalue weighted by molar-refractivity contribution is 6.42. The third kappa shape index (κ3) is 2.19. The zero-order valence-electron chi connectivity index (χ0n) is 15.1. The lowest BCUT2D eigenvalue weighted by molar-refractivity contribution is -0.199. The number of carbonyl (C=O) groups excluding carboxylic acids is 1. The standard InChI is InChI=1S/C21H24Cl2FNO/c1-20(2)18(14-4-3-5-15(22)16(14)23)25(19(20)26)17-12-6-11-7-13(17)10-21(24,8-11)9-12/h3-5,11-13,17-18H,6-10H2,1-2H3/t11?,12-,13-,17?,18?,21?/m0/s1. The molecule has 0 aromatic heterocycles. The fraction of sp³-hybridized carbons (Fsp3) is 0.667. The van der Waals surface area contributed by atoms with Gasteiger partial charge >= 0.3 is 0 Å². The molecular formula is C21H24Cl2FNO. The predicted octanol–water partition coefficient (Wildman–Crippen LogP) is 5.82. The van der Waals surface area contributed by atoms with E-state index in [2.05, 4.69) is 0 Å². The van der Waals surface area contributed by atoms with Crippen molar-refractivity contribution in [2.75, 3.05) is 0 Å². The van der Waals surface area contributed by atoms with Gasteiger partial charge in [-0.3, -0.25) is 4.79 Å². The van der Waals surface area contributed by atoms with Crippen molar-refractivity contribution in [2.24, 2.45) is 23.2 Å². The Hall–Kier alpha value is -0.800. The summed E-state index contributed by atoms with van der Waals surface area (Å²) in [6, 6.07) is 5.72. The molecular weight excluding hydrogens is 372 g/mol. The number of rotatable bonds is 2. The highest BCUT2D eigenvalue weighted by atomic mass is 35.5. The van der Waals surface area contributed by atoms with E-state index in [1.54, 1.807) is 6.07 Å². The topological polar surface area (TPSA) is 20.3 Å². The summed E-state index contributed by atoms with van der Waals surface area (Å²) in [5.74, 6) is 1.24. The van der Waals surface area contributed by atoms with Crippen LogP contribution in [0.2, 0.25) is 10.0 Å². The van der Waals surface area contributed by atoms with E-state index in [-0.39, 0.29) is 29.8 Å². The maximum Gasteiger partial charge on any atom is 0.231 e. The molecule has 1 amide bonds. The van der Waals surface area contributed by atoms with Gasteiger partial charge in [-0.1, -0.05) is 35.3 Å². The molecule has 1 unspecified atom stereocenters. The second-order valence-electron chi connectivity index (χ2n) is 9.59. The average molecular weight is 396 g/mol. The van der Waals surface area contributed by atoms with Crippen LogP contribution >= 0.6 is 23.2 Å². The molecule has 1 aromatic carbocycles. The lowest BCUT2D eigenvalue weighted by atomic mass is 9.51. The Bertz CT molecular complexity index is 778. The second-order valence-corrected chi connectivity index (χ2v) is 10.4. The van der Waals surface area contributed by atoms with Crippen molar-refractivity contribution in [1.29, 1.82) is 0 Å². The Kier molecular flexibility index (Phi) is 3.58. The smallest absolute Gasteiger partial charge is 0.231 e. The largest absolute Gasteiger partial charge is 0.330 e. The first kappa shape index (κ1) is 17.3. The lowest BCUT2D eigenvalue weighted by Gasteiger charge is -2.65. The first-order valence-electron chi connectivity index (χ1n) is 9.67. The van der Waals surface area contributed by atoms with E-state index in [4.69, 9.17) is 23.2 Å². The van der Waals surface area contributed by atoms with Crippen molar-refractivity contribution >= 4 is 29.1 Å². The van der Waals surface area contributed by atoms with Gasteiger partial charge in [0, 0.05) is 6.04 Å². The van der Waals surface area contributed by atoms with Crippen LogP contribution in [0.1, 0.15) is 57.6 Å². The van der Waals surface area contributed by atoms with Gasteiger partial charge in [-0.05, 0) is 75.3 Å². The van der Waals surface area contributed by atoms with Crippen LogP contribution < -0.4 is 0 Å². The quantitative estimate of drug-likeness (QED) is 0.577. The number of nitrogens with zero attached hydrogens (tertiary/aromatic N) is 1. The number of carbonyl (C=O) groups is 1. The minimum Gasteiger partial charge on any atom is -0.330 e. The van der Waals surface area contributed by atoms with Crippen LogP contribution in [0.3, 0.4) is 0 Å². The van der Waals surface area contributed by atoms with Crippen molar-refractivity contribution in [2.45, 2.75) is 63.7 Å². The molecule has 4 saturated carbocycles. The summed E-state index contributed by atoms with van der Waals surface area (Å²) in [7, 11) is 0. The molecule has 0 radical (unpaired) electrons. The summed E-state index contributed by atoms with van der Waals surface area (Å²) in [5.41, 5.74) is -0.566. The van der Waals surface area contributed by atoms with Crippen LogP contribution in [-0.4, -0.2) is 22.5 Å². The Labute approximate surface area is 164 Å². The lowest BCUT2D eigenvalue weighted by Crippen LogP contribution is -2.70. The minimum atomic E-state index is -0.986. The monoisotopic (exact) mass is 395 g/mol. The highest BCUT2D eigenvalue weighted by Gasteiger charge is 2.64. The van der Waals surface area contributed by atoms with E-state index in [1.165, 1.54) is 0 Å². The maximum atomic E-state index is 15.1. The molecule has 1 saturated heterocycles. The molecule has 2 nitrogen and oxygen atoms in total. The summed E-state index contributed by atoms with van der Waals surface area (Å²) in [4.78, 5) is 15.2. The van der Waals surface area contributed by atoms with E-state index in [0.717, 1.165) is 24.8 Å². The number of hydrogen-bond donors (Lipinski definition) is 0. The van der Waals surface area contributed by atoms with Gasteiger partial charge in [0.25, 0.3) is 0 Å². The van der Waals surface area contributed by atoms with Gasteiger partial charge in [0.15, 0.2) is 0 Å². The van der Waals surface area contributed by atoms with E-state index in [1.807, 2.05) is 30.9 Å². The predicted molar refractivity (Wildman–Crippen MR) is 101 cm³/mol. The van der Waals surface area contributed by atoms with Crippen LogP contribution in [0.5, 0.6) is 0 Å². The molecule has 140 valence electrons. The van der Waals surface area contributed by atoms with Crippen molar-refractivity contribution in [3.05, 3.63) is 33.8 Å². The molecule has 5 aliphatic rings. The second kappa shape index (κ2) is 5.38. The summed E-state index contributed by atoms with van der Waals surface area (Å²) in [5, 5.41) is 1.06. The Balaban J connectivity index is 1.54. The molecule has 1 aromatic rings. The molecule has 4 aliphatic carbocycles. The summed E-state index contributed by atoms with van der Waals surface area (Å²) < 4.78 is 15.1. The molecule has 6 rings (SSSR count). The highest BCUT2D eigenvalue weighted by Crippen LogP contribution is 2.63. The van der Waals surface area contributed by atoms with Gasteiger partial charge in [-0.25, -0.2) is 4.39 Å². The zero-order chi connectivity index (χ0) is 18.4. The van der Waals surface area contributed by atoms with E-state index >= 15 is 4.39 Å². The number of likely N-dealkylation sites (tertiary alicyclic amines) is 1. The molecule has 0 N–H and O–H groups in total. The first-order chi connectivity index (χ1) is 12.2. The number of hydrogen-bond acceptors (Lipinski definition) is 1. The van der Waals surface area contributed by atoms with Gasteiger partial charge in [-0.2, -0.15) is 0 Å². The molecule has 5 heteroatoms. The number of β-lactam (4-membered cyclic amide) rings is 1. The Morgan fingerprint density at radius 1 is 1.12 bits per heavy atom. The summed E-state index contributed by atoms with van der Waals surface area (Å²) in [6.45, 7) is 3.97. The molecule has 1 heterocycles. The fourth-order valence-corrected chi connectivity index (χ4v) is 7.19. The molecule has 3 atom stereocenters. The molecule has 0 spiro atoms. The zero-order valence-corrected chi connectivity index (χ0v) is 16.7. The Morgan fingerprint density at radius 3 is 2.38 bits per heavy atom. The molecule has 5 fully saturated rings. The van der Waals surface area contributed by atoms with Gasteiger partial charge in [0.05, 0.1) is 21.5 Å². The number of amides is 1. The van der Waals surface area contributed by atoms with Gasteiger partial charge in [0.1, 0.15) is 5.67 Å². The SMILES string of the molecule is CC1(C)C(=O)N(C2[C@H]3CC4C[C@H]2CC(F)(C4)C3)C1c1cccc(Cl)c1Cl. The van der Waals surface area contributed by atoms with Gasteiger partial charge < -0.3 is 4.90 Å². The summed E-state index contributed by atoms with van der Waals surface area (Å²) in [6.07, 6.45) is 4.09. The number of alkyl halides is 1. The normalized spacial score (nSPS) is 42.9. The molecule has 1 aliphatic heterocycles. The van der Waals surface area contributed by atoms with E-state index in [0.29, 0.717) is 28.8 Å². The Morgan fingerprint density at radius 2 is 1.77 bits per heavy atom. The fourth-order valence-electron chi connectivity index (χ4n) is 6.78. The molecule has 26 heavy (non-hydrogen) atoms. The first-order valence-corrected chi connectivity index (χ1v) is 10.4. The van der Waals surface area contributed by atoms with Crippen LogP contribution in [0.4, 0.5) is 4.39 Å². The maximum absolute atomic E-state index is 15.1. The van der Waals surface area contributed by atoms with Crippen LogP contribution in [0, 0.1) is 23.2 Å². The van der Waals surface area contributed by atoms with Crippen LogP contribution in [0.15, 0.2) is 18.2 Å². The molecule has 4 bridgehead atoms. The van der Waals surface area contributed by atoms with Gasteiger partial charge in [0.2, 0.25) is 5.91 Å². The van der Waals surface area contributed by atoms with Crippen molar-refractivity contribution in [3.63, 3.8) is 0 Å². The number of benzene rings is 1. The van der Waals surface area contributed by atoms with Crippen LogP contribution in [0.25, 0.3) is 0 Å². The minimum absolute atomic E-state index is 0.0840. The van der Waals surface area contributed by atoms with Crippen molar-refractivity contribution in [3.8, 4) is 0 Å². The number of halogens is 3. The van der Waals surface area contributed by atoms with E-state index in [9.17, 15) is 4.79 Å². The summed E-state index contributed by atoms with van der Waals surface area (Å²) >= 11 is 12.8. The third-order valence-corrected chi connectivity index (χ3v) is 8.33. The van der Waals surface area contributed by atoms with Crippen LogP contribution in [-0.2, 0) is 4.79 Å².